The molecule has 6 aliphatic rings. The number of ketones is 1. The van der Waals surface area contributed by atoms with Crippen LogP contribution in [0.4, 0.5) is 0 Å². The van der Waals surface area contributed by atoms with Gasteiger partial charge in [-0.25, -0.2) is 0 Å². The molecule has 0 bridgehead atoms. The third-order valence-electron chi connectivity index (χ3n) is 9.97. The van der Waals surface area contributed by atoms with E-state index in [9.17, 15) is 4.79 Å². The van der Waals surface area contributed by atoms with Crippen molar-refractivity contribution in [2.75, 3.05) is 46.2 Å². The Morgan fingerprint density at radius 3 is 1.56 bits per heavy atom. The van der Waals surface area contributed by atoms with E-state index in [-0.39, 0.29) is 0 Å². The van der Waals surface area contributed by atoms with Gasteiger partial charge in [-0.2, -0.15) is 0 Å². The molecule has 8 heteroatoms. The number of hydrogen-bond donors (Lipinski definition) is 4. The maximum atomic E-state index is 10.4. The summed E-state index contributed by atoms with van der Waals surface area (Å²) in [6, 6.07) is 4.16. The van der Waals surface area contributed by atoms with Crippen molar-refractivity contribution in [3.05, 3.63) is 0 Å². The summed E-state index contributed by atoms with van der Waals surface area (Å²) in [7, 11) is 0. The Kier molecular flexibility index (Phi) is 18.9. The number of rotatable bonds is 4. The van der Waals surface area contributed by atoms with Crippen LogP contribution in [0.1, 0.15) is 124 Å². The first kappa shape index (κ1) is 36.9. The van der Waals surface area contributed by atoms with E-state index >= 15 is 0 Å². The summed E-state index contributed by atoms with van der Waals surface area (Å²) in [6.45, 7) is 13.2. The topological polar surface area (TPSA) is 107 Å². The number of nitrogens with one attached hydrogen (secondary N) is 3. The zero-order valence-electron chi connectivity index (χ0n) is 28.1. The van der Waals surface area contributed by atoms with Crippen LogP contribution in [0.3, 0.4) is 0 Å². The van der Waals surface area contributed by atoms with Gasteiger partial charge in [0.15, 0.2) is 0 Å². The van der Waals surface area contributed by atoms with E-state index in [2.05, 4.69) is 36.7 Å². The lowest BCUT2D eigenvalue weighted by molar-refractivity contribution is -0.124. The van der Waals surface area contributed by atoms with Gasteiger partial charge in [0, 0.05) is 75.5 Å². The summed E-state index contributed by atoms with van der Waals surface area (Å²) >= 11 is 0. The first-order valence-corrected chi connectivity index (χ1v) is 18.1. The van der Waals surface area contributed by atoms with Crippen LogP contribution in [0, 0.1) is 11.8 Å². The van der Waals surface area contributed by atoms with E-state index in [1.807, 2.05) is 0 Å². The fourth-order valence-electron chi connectivity index (χ4n) is 7.34. The zero-order valence-corrected chi connectivity index (χ0v) is 28.1. The first-order chi connectivity index (χ1) is 20.9. The second-order valence-electron chi connectivity index (χ2n) is 14.3. The lowest BCUT2D eigenvalue weighted by Gasteiger charge is -2.33. The summed E-state index contributed by atoms with van der Waals surface area (Å²) in [5, 5.41) is 11.1. The van der Waals surface area contributed by atoms with E-state index in [0.29, 0.717) is 50.0 Å². The van der Waals surface area contributed by atoms with Crippen LogP contribution in [0.25, 0.3) is 0 Å². The van der Waals surface area contributed by atoms with E-state index < -0.39 is 0 Å². The van der Waals surface area contributed by atoms with Crippen molar-refractivity contribution < 1.29 is 19.0 Å². The van der Waals surface area contributed by atoms with Crippen molar-refractivity contribution in [3.8, 4) is 0 Å². The number of piperidine rings is 1. The maximum Gasteiger partial charge on any atom is 0.137 e. The minimum absolute atomic E-state index is 0.339. The quantitative estimate of drug-likeness (QED) is 0.349. The number of Topliss-reactive ketones (excluding diaryl/α,β-unsaturated/α-hetero) is 1. The third-order valence-corrected chi connectivity index (χ3v) is 9.97. The molecule has 0 spiro atoms. The van der Waals surface area contributed by atoms with Crippen molar-refractivity contribution in [3.63, 3.8) is 0 Å². The average molecular weight is 609 g/mol. The van der Waals surface area contributed by atoms with E-state index in [0.717, 1.165) is 56.4 Å². The Morgan fingerprint density at radius 1 is 0.605 bits per heavy atom. The molecule has 6 atom stereocenters. The molecule has 4 heterocycles. The van der Waals surface area contributed by atoms with E-state index in [1.54, 1.807) is 0 Å². The molecule has 8 nitrogen and oxygen atoms in total. The number of carbonyl (C=O) groups is 1. The van der Waals surface area contributed by atoms with Crippen LogP contribution < -0.4 is 21.7 Å². The summed E-state index contributed by atoms with van der Waals surface area (Å²) in [4.78, 5) is 10.4. The molecular weight excluding hydrogens is 540 g/mol. The van der Waals surface area contributed by atoms with Gasteiger partial charge in [-0.15, -0.1) is 0 Å². The molecule has 2 aliphatic carbocycles. The van der Waals surface area contributed by atoms with Crippen LogP contribution >= 0.6 is 0 Å². The monoisotopic (exact) mass is 609 g/mol. The smallest absolute Gasteiger partial charge is 0.137 e. The van der Waals surface area contributed by atoms with Crippen molar-refractivity contribution >= 4 is 5.78 Å². The minimum Gasteiger partial charge on any atom is -0.381 e. The molecule has 6 fully saturated rings. The van der Waals surface area contributed by atoms with Gasteiger partial charge < -0.3 is 35.9 Å². The van der Waals surface area contributed by atoms with Gasteiger partial charge >= 0.3 is 0 Å². The molecule has 0 aromatic carbocycles. The van der Waals surface area contributed by atoms with Crippen LogP contribution in [0.2, 0.25) is 0 Å². The van der Waals surface area contributed by atoms with Crippen molar-refractivity contribution in [1.29, 1.82) is 0 Å². The Hall–Kier alpha value is -0.610. The largest absolute Gasteiger partial charge is 0.381 e. The molecule has 4 saturated heterocycles. The van der Waals surface area contributed by atoms with Crippen LogP contribution in [-0.2, 0) is 19.0 Å². The Morgan fingerprint density at radius 2 is 1.12 bits per heavy atom. The predicted octanol–water partition coefficient (Wildman–Crippen LogP) is 5.12. The Balaban J connectivity index is 0.000000164. The summed E-state index contributed by atoms with van der Waals surface area (Å²) < 4.78 is 15.6. The van der Waals surface area contributed by atoms with Crippen LogP contribution in [0.5, 0.6) is 0 Å². The minimum atomic E-state index is 0.339. The van der Waals surface area contributed by atoms with Gasteiger partial charge in [-0.3, -0.25) is 4.79 Å². The third kappa shape index (κ3) is 17.0. The maximum absolute atomic E-state index is 10.4. The molecular formula is C35H68N4O4. The molecule has 5 N–H and O–H groups in total. The highest BCUT2D eigenvalue weighted by Crippen LogP contribution is 2.25. The van der Waals surface area contributed by atoms with Crippen LogP contribution in [0.15, 0.2) is 0 Å². The first-order valence-electron chi connectivity index (χ1n) is 18.1. The number of carbonyl (C=O) groups excluding carboxylic acids is 1. The van der Waals surface area contributed by atoms with Gasteiger partial charge in [0.05, 0.1) is 13.2 Å². The van der Waals surface area contributed by atoms with Crippen LogP contribution in [-0.4, -0.2) is 88.2 Å². The number of nitrogens with two attached hydrogens (primary N) is 1. The lowest BCUT2D eigenvalue weighted by atomic mass is 9.86. The number of hydrogen-bond acceptors (Lipinski definition) is 8. The van der Waals surface area contributed by atoms with Gasteiger partial charge in [-0.05, 0) is 89.5 Å². The van der Waals surface area contributed by atoms with Gasteiger partial charge in [-0.1, -0.05) is 39.5 Å². The van der Waals surface area contributed by atoms with Gasteiger partial charge in [0.1, 0.15) is 5.78 Å². The molecule has 0 amide bonds. The molecule has 252 valence electrons. The predicted molar refractivity (Wildman–Crippen MR) is 177 cm³/mol. The highest BCUT2D eigenvalue weighted by molar-refractivity contribution is 5.79. The standard InChI is InChI=1S/C12H23NO.C11H22N2O.C7H15N.C5H8O2/c1-10-3-2-4-12(9-10)13-11-5-7-14-8-6-11;1-9-8-11(2-5-12-9)13-10-3-6-14-7-4-10;1-6-3-2-4-7(8)5-6;6-5-1-3-7-4-2-5/h10-13H,2-9H2,1H3;9-13H,2-8H2,1H3;6-7H,2-5,8H2,1H3;1-4H2/t10-,12-;9-,11+;6-,7-;/m010./s1. The normalized spacial score (nSPS) is 34.4. The molecule has 6 rings (SSSR count). The molecule has 2 saturated carbocycles. The van der Waals surface area contributed by atoms with Crippen molar-refractivity contribution in [2.24, 2.45) is 17.6 Å². The molecule has 0 aromatic heterocycles. The average Bonchev–Trinajstić information content (AvgIpc) is 3.00. The highest BCUT2D eigenvalue weighted by Gasteiger charge is 2.23. The SMILES string of the molecule is C[C@@H]1C[C@@H](NC2CCOCC2)CCN1.C[C@H]1CCC[C@H](N)C1.C[C@H]1CCC[C@H](NC2CCOCC2)C1.O=C1CCOCC1. The summed E-state index contributed by atoms with van der Waals surface area (Å²) in [5.74, 6) is 2.16. The molecule has 43 heavy (non-hydrogen) atoms. The van der Waals surface area contributed by atoms with E-state index in [1.165, 1.54) is 96.4 Å². The van der Waals surface area contributed by atoms with Gasteiger partial charge in [0.2, 0.25) is 0 Å². The Bertz CT molecular complexity index is 662. The zero-order chi connectivity index (χ0) is 30.7. The van der Waals surface area contributed by atoms with Gasteiger partial charge in [0.25, 0.3) is 0 Å². The second kappa shape index (κ2) is 22.0. The number of ether oxygens (including phenoxy) is 3. The molecule has 4 aliphatic heterocycles. The lowest BCUT2D eigenvalue weighted by Crippen LogP contribution is -2.49. The summed E-state index contributed by atoms with van der Waals surface area (Å²) in [6.07, 6.45) is 19.5. The summed E-state index contributed by atoms with van der Waals surface area (Å²) in [5.41, 5.74) is 5.73. The van der Waals surface area contributed by atoms with E-state index in [4.69, 9.17) is 19.9 Å². The molecule has 0 unspecified atom stereocenters. The fraction of sp³-hybridized carbons (Fsp3) is 0.971. The highest BCUT2D eigenvalue weighted by atomic mass is 16.5. The molecule has 0 aromatic rings. The van der Waals surface area contributed by atoms with Crippen molar-refractivity contribution in [1.82, 2.24) is 16.0 Å². The molecule has 0 radical (unpaired) electrons. The second-order valence-corrected chi connectivity index (χ2v) is 14.3. The van der Waals surface area contributed by atoms with Crippen molar-refractivity contribution in [2.45, 2.75) is 160 Å². The Labute approximate surface area is 264 Å². The fourth-order valence-corrected chi connectivity index (χ4v) is 7.34.